The Balaban J connectivity index is 2.05. The molecule has 0 bridgehead atoms. The Morgan fingerprint density at radius 3 is 2.80 bits per heavy atom. The van der Waals surface area contributed by atoms with Crippen LogP contribution in [0.1, 0.15) is 19.8 Å². The highest BCUT2D eigenvalue weighted by molar-refractivity contribution is 5.74. The molecule has 0 heterocycles. The molecular formula is C7H13NO2. The Bertz CT molecular complexity index is 130. The van der Waals surface area contributed by atoms with E-state index in [0.717, 1.165) is 0 Å². The number of ether oxygens (including phenoxy) is 1. The molecule has 1 saturated carbocycles. The maximum Gasteiger partial charge on any atom is 0.322 e. The van der Waals surface area contributed by atoms with Gasteiger partial charge in [-0.3, -0.25) is 4.79 Å². The van der Waals surface area contributed by atoms with Gasteiger partial charge >= 0.3 is 5.97 Å². The number of hydrogen-bond donors (Lipinski definition) is 1. The lowest BCUT2D eigenvalue weighted by atomic mass is 10.4. The van der Waals surface area contributed by atoms with Gasteiger partial charge in [0.05, 0.1) is 6.61 Å². The van der Waals surface area contributed by atoms with Gasteiger partial charge in [0.1, 0.15) is 6.04 Å². The van der Waals surface area contributed by atoms with Crippen LogP contribution in [0.15, 0.2) is 0 Å². The maximum absolute atomic E-state index is 10.7. The van der Waals surface area contributed by atoms with Crippen molar-refractivity contribution in [2.45, 2.75) is 25.8 Å². The number of carbonyl (C=O) groups excluding carboxylic acids is 1. The van der Waals surface area contributed by atoms with Crippen molar-refractivity contribution in [3.63, 3.8) is 0 Å². The summed E-state index contributed by atoms with van der Waals surface area (Å²) in [5, 5.41) is 0. The van der Waals surface area contributed by atoms with Crippen LogP contribution in [0.2, 0.25) is 0 Å². The molecule has 10 heavy (non-hydrogen) atoms. The second kappa shape index (κ2) is 3.01. The number of esters is 1. The number of nitrogens with two attached hydrogens (primary N) is 1. The fourth-order valence-corrected chi connectivity index (χ4v) is 0.616. The minimum Gasteiger partial charge on any atom is -0.464 e. The van der Waals surface area contributed by atoms with Crippen molar-refractivity contribution < 1.29 is 9.53 Å². The van der Waals surface area contributed by atoms with E-state index in [1.54, 1.807) is 6.92 Å². The van der Waals surface area contributed by atoms with Crippen LogP contribution in [0.25, 0.3) is 0 Å². The van der Waals surface area contributed by atoms with E-state index in [9.17, 15) is 4.79 Å². The van der Waals surface area contributed by atoms with E-state index >= 15 is 0 Å². The molecule has 0 aromatic rings. The summed E-state index contributed by atoms with van der Waals surface area (Å²) in [5.74, 6) is 0.342. The van der Waals surface area contributed by atoms with Crippen LogP contribution in [0.5, 0.6) is 0 Å². The summed E-state index contributed by atoms with van der Waals surface area (Å²) >= 11 is 0. The van der Waals surface area contributed by atoms with Gasteiger partial charge in [-0.2, -0.15) is 0 Å². The maximum atomic E-state index is 10.7. The highest BCUT2D eigenvalue weighted by Gasteiger charge is 2.23. The van der Waals surface area contributed by atoms with Gasteiger partial charge in [-0.1, -0.05) is 0 Å². The van der Waals surface area contributed by atoms with Crippen molar-refractivity contribution in [2.75, 3.05) is 6.61 Å². The van der Waals surface area contributed by atoms with Crippen molar-refractivity contribution in [3.8, 4) is 0 Å². The predicted molar refractivity (Wildman–Crippen MR) is 37.3 cm³/mol. The first-order valence-corrected chi connectivity index (χ1v) is 3.62. The van der Waals surface area contributed by atoms with E-state index in [4.69, 9.17) is 10.5 Å². The summed E-state index contributed by atoms with van der Waals surface area (Å²) in [6.07, 6.45) is 2.40. The molecule has 0 spiro atoms. The molecule has 0 radical (unpaired) electrons. The first-order valence-electron chi connectivity index (χ1n) is 3.62. The predicted octanol–water partition coefficient (Wildman–Crippen LogP) is 0.287. The van der Waals surface area contributed by atoms with Crippen LogP contribution in [-0.4, -0.2) is 18.6 Å². The van der Waals surface area contributed by atoms with Crippen molar-refractivity contribution in [1.29, 1.82) is 0 Å². The monoisotopic (exact) mass is 143 g/mol. The Hall–Kier alpha value is -0.570. The van der Waals surface area contributed by atoms with E-state index in [-0.39, 0.29) is 5.97 Å². The molecule has 58 valence electrons. The summed E-state index contributed by atoms with van der Waals surface area (Å²) in [5.41, 5.74) is 5.27. The average molecular weight is 143 g/mol. The second-order valence-electron chi connectivity index (χ2n) is 2.86. The molecular weight excluding hydrogens is 130 g/mol. The third-order valence-electron chi connectivity index (χ3n) is 1.53. The number of carbonyl (C=O) groups is 1. The lowest BCUT2D eigenvalue weighted by molar-refractivity contribution is -0.145. The summed E-state index contributed by atoms with van der Waals surface area (Å²) < 4.78 is 4.86. The fourth-order valence-electron chi connectivity index (χ4n) is 0.616. The molecule has 0 aromatic heterocycles. The summed E-state index contributed by atoms with van der Waals surface area (Å²) in [6, 6.07) is -0.473. The third-order valence-corrected chi connectivity index (χ3v) is 1.53. The van der Waals surface area contributed by atoms with Gasteiger partial charge in [-0.25, -0.2) is 0 Å². The van der Waals surface area contributed by atoms with E-state index < -0.39 is 6.04 Å². The van der Waals surface area contributed by atoms with Gasteiger partial charge in [0, 0.05) is 0 Å². The first kappa shape index (κ1) is 7.54. The summed E-state index contributed by atoms with van der Waals surface area (Å²) in [7, 11) is 0. The van der Waals surface area contributed by atoms with Crippen LogP contribution in [0.3, 0.4) is 0 Å². The summed E-state index contributed by atoms with van der Waals surface area (Å²) in [6.45, 7) is 2.20. The van der Waals surface area contributed by atoms with E-state index in [1.807, 2.05) is 0 Å². The minimum atomic E-state index is -0.473. The van der Waals surface area contributed by atoms with Gasteiger partial charge in [-0.05, 0) is 25.7 Å². The minimum absolute atomic E-state index is 0.285. The van der Waals surface area contributed by atoms with Crippen molar-refractivity contribution in [2.24, 2.45) is 11.7 Å². The Morgan fingerprint density at radius 1 is 1.80 bits per heavy atom. The molecule has 0 unspecified atom stereocenters. The topological polar surface area (TPSA) is 52.3 Å². The molecule has 1 aliphatic carbocycles. The second-order valence-corrected chi connectivity index (χ2v) is 2.86. The lowest BCUT2D eigenvalue weighted by Crippen LogP contribution is -2.29. The SMILES string of the molecule is C[C@@H](N)C(=O)OCC1CC1. The smallest absolute Gasteiger partial charge is 0.322 e. The molecule has 0 amide bonds. The highest BCUT2D eigenvalue weighted by Crippen LogP contribution is 2.28. The van der Waals surface area contributed by atoms with Crippen LogP contribution < -0.4 is 5.73 Å². The Labute approximate surface area is 60.5 Å². The van der Waals surface area contributed by atoms with Gasteiger partial charge < -0.3 is 10.5 Å². The van der Waals surface area contributed by atoms with Gasteiger partial charge in [-0.15, -0.1) is 0 Å². The molecule has 0 aliphatic heterocycles. The van der Waals surface area contributed by atoms with Crippen LogP contribution >= 0.6 is 0 Å². The molecule has 3 nitrogen and oxygen atoms in total. The van der Waals surface area contributed by atoms with E-state index in [2.05, 4.69) is 0 Å². The number of rotatable bonds is 3. The standard InChI is InChI=1S/C7H13NO2/c1-5(8)7(9)10-4-6-2-3-6/h5-6H,2-4,8H2,1H3/t5-/m1/s1. The van der Waals surface area contributed by atoms with Crippen molar-refractivity contribution in [3.05, 3.63) is 0 Å². The molecule has 1 fully saturated rings. The molecule has 1 rings (SSSR count). The third kappa shape index (κ3) is 2.35. The van der Waals surface area contributed by atoms with Gasteiger partial charge in [0.15, 0.2) is 0 Å². The van der Waals surface area contributed by atoms with Crippen molar-refractivity contribution in [1.82, 2.24) is 0 Å². The summed E-state index contributed by atoms with van der Waals surface area (Å²) in [4.78, 5) is 10.7. The Morgan fingerprint density at radius 2 is 2.40 bits per heavy atom. The molecule has 0 saturated heterocycles. The van der Waals surface area contributed by atoms with Crippen LogP contribution in [0.4, 0.5) is 0 Å². The van der Waals surface area contributed by atoms with Gasteiger partial charge in [0.2, 0.25) is 0 Å². The Kier molecular flexibility index (Phi) is 2.27. The average Bonchev–Trinajstić information content (AvgIpc) is 2.64. The fraction of sp³-hybridized carbons (Fsp3) is 0.857. The zero-order valence-electron chi connectivity index (χ0n) is 6.17. The number of hydrogen-bond acceptors (Lipinski definition) is 3. The van der Waals surface area contributed by atoms with E-state index in [1.165, 1.54) is 12.8 Å². The zero-order chi connectivity index (χ0) is 7.56. The van der Waals surface area contributed by atoms with E-state index in [0.29, 0.717) is 12.5 Å². The van der Waals surface area contributed by atoms with Gasteiger partial charge in [0.25, 0.3) is 0 Å². The largest absolute Gasteiger partial charge is 0.464 e. The lowest BCUT2D eigenvalue weighted by Gasteiger charge is -2.04. The van der Waals surface area contributed by atoms with Crippen molar-refractivity contribution >= 4 is 5.97 Å². The molecule has 1 atom stereocenters. The highest BCUT2D eigenvalue weighted by atomic mass is 16.5. The van der Waals surface area contributed by atoms with Crippen LogP contribution in [-0.2, 0) is 9.53 Å². The molecule has 0 aromatic carbocycles. The normalized spacial score (nSPS) is 20.2. The quantitative estimate of drug-likeness (QED) is 0.577. The molecule has 2 N–H and O–H groups in total. The van der Waals surface area contributed by atoms with Crippen LogP contribution in [0, 0.1) is 5.92 Å². The zero-order valence-corrected chi connectivity index (χ0v) is 6.17. The molecule has 1 aliphatic rings. The first-order chi connectivity index (χ1) is 4.70. The molecule has 3 heteroatoms.